The van der Waals surface area contributed by atoms with E-state index in [4.69, 9.17) is 0 Å². The first-order valence-electron chi connectivity index (χ1n) is 6.49. The van der Waals surface area contributed by atoms with Crippen LogP contribution in [0.1, 0.15) is 18.4 Å². The van der Waals surface area contributed by atoms with Gasteiger partial charge >= 0.3 is 0 Å². The van der Waals surface area contributed by atoms with Gasteiger partial charge in [0.1, 0.15) is 5.82 Å². The number of anilines is 1. The van der Waals surface area contributed by atoms with Crippen molar-refractivity contribution >= 4 is 5.69 Å². The molecule has 3 rings (SSSR count). The van der Waals surface area contributed by atoms with Gasteiger partial charge in [-0.3, -0.25) is 4.90 Å². The smallest absolute Gasteiger partial charge is 0.146 e. The second-order valence-corrected chi connectivity index (χ2v) is 5.23. The van der Waals surface area contributed by atoms with E-state index in [0.29, 0.717) is 6.04 Å². The first-order chi connectivity index (χ1) is 8.24. The number of rotatable bonds is 1. The summed E-state index contributed by atoms with van der Waals surface area (Å²) in [5.74, 6) is -0.0814. The highest BCUT2D eigenvalue weighted by Crippen LogP contribution is 2.27. The third-order valence-electron chi connectivity index (χ3n) is 4.03. The van der Waals surface area contributed by atoms with Crippen LogP contribution in [-0.2, 0) is 0 Å². The van der Waals surface area contributed by atoms with Gasteiger partial charge in [0.25, 0.3) is 0 Å². The lowest BCUT2D eigenvalue weighted by molar-refractivity contribution is 0.230. The van der Waals surface area contributed by atoms with E-state index in [1.165, 1.54) is 19.4 Å². The van der Waals surface area contributed by atoms with Crippen molar-refractivity contribution in [2.24, 2.45) is 0 Å². The number of benzene rings is 1. The zero-order valence-corrected chi connectivity index (χ0v) is 10.3. The Balaban J connectivity index is 1.82. The standard InChI is InChI=1S/C14H19FN2/c1-11-4-5-13(15)14(9-11)17-8-7-16-6-2-3-12(16)10-17/h4-5,9,12H,2-3,6-8,10H2,1H3. The van der Waals surface area contributed by atoms with E-state index < -0.39 is 0 Å². The number of nitrogens with zero attached hydrogens (tertiary/aromatic N) is 2. The van der Waals surface area contributed by atoms with Gasteiger partial charge in [-0.1, -0.05) is 6.07 Å². The van der Waals surface area contributed by atoms with Crippen molar-refractivity contribution in [2.75, 3.05) is 31.1 Å². The van der Waals surface area contributed by atoms with Gasteiger partial charge in [-0.25, -0.2) is 4.39 Å². The van der Waals surface area contributed by atoms with E-state index in [-0.39, 0.29) is 5.82 Å². The van der Waals surface area contributed by atoms with Gasteiger partial charge in [-0.15, -0.1) is 0 Å². The summed E-state index contributed by atoms with van der Waals surface area (Å²) in [6.07, 6.45) is 2.57. The second kappa shape index (κ2) is 4.30. The molecule has 0 aromatic heterocycles. The molecule has 0 aliphatic carbocycles. The van der Waals surface area contributed by atoms with Crippen LogP contribution >= 0.6 is 0 Å². The molecule has 2 aliphatic rings. The summed E-state index contributed by atoms with van der Waals surface area (Å²) in [4.78, 5) is 4.76. The van der Waals surface area contributed by atoms with Crippen LogP contribution in [0.4, 0.5) is 10.1 Å². The highest BCUT2D eigenvalue weighted by atomic mass is 19.1. The molecule has 2 heterocycles. The van der Waals surface area contributed by atoms with Crippen LogP contribution in [0.3, 0.4) is 0 Å². The number of hydrogen-bond donors (Lipinski definition) is 0. The molecule has 3 heteroatoms. The van der Waals surface area contributed by atoms with E-state index in [0.717, 1.165) is 30.9 Å². The minimum absolute atomic E-state index is 0.0814. The molecule has 2 aliphatic heterocycles. The Kier molecular flexibility index (Phi) is 2.79. The first kappa shape index (κ1) is 11.0. The molecule has 1 aromatic carbocycles. The van der Waals surface area contributed by atoms with Crippen molar-refractivity contribution in [2.45, 2.75) is 25.8 Å². The Labute approximate surface area is 102 Å². The van der Waals surface area contributed by atoms with Gasteiger partial charge in [0.15, 0.2) is 0 Å². The number of halogens is 1. The number of aryl methyl sites for hydroxylation is 1. The third-order valence-corrected chi connectivity index (χ3v) is 4.03. The predicted octanol–water partition coefficient (Wildman–Crippen LogP) is 2.42. The minimum Gasteiger partial charge on any atom is -0.366 e. The molecule has 0 radical (unpaired) electrons. The Morgan fingerprint density at radius 3 is 3.00 bits per heavy atom. The summed E-state index contributed by atoms with van der Waals surface area (Å²) < 4.78 is 13.8. The SMILES string of the molecule is Cc1ccc(F)c(N2CCN3CCCC3C2)c1. The lowest BCUT2D eigenvalue weighted by Crippen LogP contribution is -2.50. The Morgan fingerprint density at radius 1 is 1.24 bits per heavy atom. The molecule has 0 spiro atoms. The zero-order valence-electron chi connectivity index (χ0n) is 10.3. The third kappa shape index (κ3) is 2.04. The summed E-state index contributed by atoms with van der Waals surface area (Å²) in [7, 11) is 0. The van der Waals surface area contributed by atoms with Crippen LogP contribution in [0.2, 0.25) is 0 Å². The number of hydrogen-bond acceptors (Lipinski definition) is 2. The molecule has 92 valence electrons. The van der Waals surface area contributed by atoms with Gasteiger partial charge in [0.05, 0.1) is 5.69 Å². The molecular formula is C14H19FN2. The fourth-order valence-corrected chi connectivity index (χ4v) is 3.07. The average Bonchev–Trinajstić information content (AvgIpc) is 2.79. The van der Waals surface area contributed by atoms with Gasteiger partial charge in [-0.05, 0) is 44.0 Å². The van der Waals surface area contributed by atoms with Crippen molar-refractivity contribution in [3.05, 3.63) is 29.6 Å². The molecule has 1 atom stereocenters. The molecule has 0 N–H and O–H groups in total. The zero-order chi connectivity index (χ0) is 11.8. The predicted molar refractivity (Wildman–Crippen MR) is 67.9 cm³/mol. The van der Waals surface area contributed by atoms with E-state index >= 15 is 0 Å². The second-order valence-electron chi connectivity index (χ2n) is 5.23. The van der Waals surface area contributed by atoms with Crippen molar-refractivity contribution in [1.29, 1.82) is 0 Å². The molecule has 1 unspecified atom stereocenters. The Bertz CT molecular complexity index is 419. The number of piperazine rings is 1. The summed E-state index contributed by atoms with van der Waals surface area (Å²) in [5.41, 5.74) is 1.92. The normalized spacial score (nSPS) is 25.1. The van der Waals surface area contributed by atoms with Crippen molar-refractivity contribution in [1.82, 2.24) is 4.90 Å². The van der Waals surface area contributed by atoms with E-state index in [1.54, 1.807) is 6.07 Å². The monoisotopic (exact) mass is 234 g/mol. The summed E-state index contributed by atoms with van der Waals surface area (Å²) in [6, 6.07) is 6.04. The lowest BCUT2D eigenvalue weighted by atomic mass is 10.1. The highest BCUT2D eigenvalue weighted by Gasteiger charge is 2.31. The average molecular weight is 234 g/mol. The van der Waals surface area contributed by atoms with E-state index in [2.05, 4.69) is 9.80 Å². The van der Waals surface area contributed by atoms with Crippen LogP contribution in [0, 0.1) is 12.7 Å². The van der Waals surface area contributed by atoms with Crippen LogP contribution in [0.5, 0.6) is 0 Å². The van der Waals surface area contributed by atoms with Crippen molar-refractivity contribution in [3.63, 3.8) is 0 Å². The molecular weight excluding hydrogens is 215 g/mol. The topological polar surface area (TPSA) is 6.48 Å². The molecule has 2 nitrogen and oxygen atoms in total. The maximum absolute atomic E-state index is 13.8. The summed E-state index contributed by atoms with van der Waals surface area (Å²) in [5, 5.41) is 0. The maximum Gasteiger partial charge on any atom is 0.146 e. The van der Waals surface area contributed by atoms with Crippen LogP contribution < -0.4 is 4.90 Å². The van der Waals surface area contributed by atoms with Gasteiger partial charge in [0.2, 0.25) is 0 Å². The molecule has 1 aromatic rings. The molecule has 0 amide bonds. The van der Waals surface area contributed by atoms with Crippen LogP contribution in [0.15, 0.2) is 18.2 Å². The molecule has 17 heavy (non-hydrogen) atoms. The van der Waals surface area contributed by atoms with Crippen molar-refractivity contribution in [3.8, 4) is 0 Å². The van der Waals surface area contributed by atoms with Crippen LogP contribution in [0.25, 0.3) is 0 Å². The quantitative estimate of drug-likeness (QED) is 0.736. The van der Waals surface area contributed by atoms with Crippen LogP contribution in [-0.4, -0.2) is 37.1 Å². The summed E-state index contributed by atoms with van der Waals surface area (Å²) >= 11 is 0. The minimum atomic E-state index is -0.0814. The summed E-state index contributed by atoms with van der Waals surface area (Å²) in [6.45, 7) is 6.28. The molecule has 0 bridgehead atoms. The molecule has 2 fully saturated rings. The molecule has 0 saturated carbocycles. The van der Waals surface area contributed by atoms with Gasteiger partial charge < -0.3 is 4.90 Å². The Morgan fingerprint density at radius 2 is 2.12 bits per heavy atom. The van der Waals surface area contributed by atoms with Crippen molar-refractivity contribution < 1.29 is 4.39 Å². The van der Waals surface area contributed by atoms with E-state index in [9.17, 15) is 4.39 Å². The van der Waals surface area contributed by atoms with Gasteiger partial charge in [-0.2, -0.15) is 0 Å². The Hall–Kier alpha value is -1.09. The van der Waals surface area contributed by atoms with Gasteiger partial charge in [0, 0.05) is 25.7 Å². The van der Waals surface area contributed by atoms with E-state index in [1.807, 2.05) is 19.1 Å². The first-order valence-corrected chi connectivity index (χ1v) is 6.49. The molecule has 2 saturated heterocycles. The fraction of sp³-hybridized carbons (Fsp3) is 0.571. The highest BCUT2D eigenvalue weighted by molar-refractivity contribution is 5.50. The maximum atomic E-state index is 13.8. The number of fused-ring (bicyclic) bond motifs is 1. The lowest BCUT2D eigenvalue weighted by Gasteiger charge is -2.39. The largest absolute Gasteiger partial charge is 0.366 e. The fourth-order valence-electron chi connectivity index (χ4n) is 3.07.